The summed E-state index contributed by atoms with van der Waals surface area (Å²) < 4.78 is 7.67. The molecule has 0 aliphatic carbocycles. The molecular weight excluding hydrogens is 346 g/mol. The molecule has 0 aliphatic rings. The first-order chi connectivity index (χ1) is 12.7. The van der Waals surface area contributed by atoms with Gasteiger partial charge in [0.05, 0.1) is 0 Å². The van der Waals surface area contributed by atoms with Gasteiger partial charge in [0.2, 0.25) is 0 Å². The van der Waals surface area contributed by atoms with Gasteiger partial charge in [0, 0.05) is 23.0 Å². The van der Waals surface area contributed by atoms with E-state index >= 15 is 0 Å². The Balaban J connectivity index is 1.39. The number of aryl methyl sites for hydroxylation is 1. The van der Waals surface area contributed by atoms with Crippen molar-refractivity contribution in [2.24, 2.45) is 0 Å². The lowest BCUT2D eigenvalue weighted by atomic mass is 10.2. The van der Waals surface area contributed by atoms with E-state index in [9.17, 15) is 4.79 Å². The molecule has 5 nitrogen and oxygen atoms in total. The van der Waals surface area contributed by atoms with Crippen LogP contribution in [0.2, 0.25) is 0 Å². The van der Waals surface area contributed by atoms with Crippen LogP contribution in [-0.4, -0.2) is 15.3 Å². The number of hydrogen-bond acceptors (Lipinski definition) is 4. The number of amides is 1. The molecule has 4 rings (SSSR count). The van der Waals surface area contributed by atoms with E-state index in [1.807, 2.05) is 71.3 Å². The van der Waals surface area contributed by atoms with Crippen LogP contribution in [0.1, 0.15) is 21.7 Å². The molecule has 2 heterocycles. The summed E-state index contributed by atoms with van der Waals surface area (Å²) in [6.45, 7) is 2.50. The molecule has 1 amide bonds. The normalized spacial score (nSPS) is 10.8. The number of hydrogen-bond donors (Lipinski definition) is 1. The molecule has 2 aromatic carbocycles. The fourth-order valence-corrected chi connectivity index (χ4v) is 3.42. The average Bonchev–Trinajstić information content (AvgIpc) is 3.24. The van der Waals surface area contributed by atoms with Crippen LogP contribution in [0.4, 0.5) is 5.69 Å². The Labute approximate surface area is 154 Å². The third-order valence-electron chi connectivity index (χ3n) is 3.98. The summed E-state index contributed by atoms with van der Waals surface area (Å²) in [6.07, 6.45) is 1.76. The van der Waals surface area contributed by atoms with Crippen molar-refractivity contribution in [2.75, 3.05) is 5.32 Å². The summed E-state index contributed by atoms with van der Waals surface area (Å²) in [4.78, 5) is 17.5. The predicted molar refractivity (Wildman–Crippen MR) is 103 cm³/mol. The second-order valence-electron chi connectivity index (χ2n) is 5.91. The Kier molecular flexibility index (Phi) is 4.41. The summed E-state index contributed by atoms with van der Waals surface area (Å²) in [5, 5.41) is 4.88. The van der Waals surface area contributed by atoms with Gasteiger partial charge in [0.15, 0.2) is 4.96 Å². The molecule has 2 aromatic heterocycles. The SMILES string of the molecule is Cc1csc2nc(C(=O)Nc3ccc(OCc4ccccc4)cc3)cn12. The van der Waals surface area contributed by atoms with Crippen LogP contribution >= 0.6 is 11.3 Å². The summed E-state index contributed by atoms with van der Waals surface area (Å²) in [6, 6.07) is 17.3. The number of thiazole rings is 1. The predicted octanol–water partition coefficient (Wildman–Crippen LogP) is 4.54. The van der Waals surface area contributed by atoms with Crippen LogP contribution in [0, 0.1) is 6.92 Å². The molecule has 0 aliphatic heterocycles. The minimum atomic E-state index is -0.224. The van der Waals surface area contributed by atoms with Crippen LogP contribution in [0.3, 0.4) is 0 Å². The lowest BCUT2D eigenvalue weighted by Gasteiger charge is -2.08. The van der Waals surface area contributed by atoms with Crippen molar-refractivity contribution in [3.63, 3.8) is 0 Å². The highest BCUT2D eigenvalue weighted by molar-refractivity contribution is 7.15. The van der Waals surface area contributed by atoms with Gasteiger partial charge in [-0.25, -0.2) is 4.98 Å². The first-order valence-corrected chi connectivity index (χ1v) is 9.08. The maximum absolute atomic E-state index is 12.4. The smallest absolute Gasteiger partial charge is 0.275 e. The third kappa shape index (κ3) is 3.45. The highest BCUT2D eigenvalue weighted by atomic mass is 32.1. The second kappa shape index (κ2) is 7.01. The zero-order valence-electron chi connectivity index (χ0n) is 14.2. The van der Waals surface area contributed by atoms with Gasteiger partial charge >= 0.3 is 0 Å². The summed E-state index contributed by atoms with van der Waals surface area (Å²) in [5.74, 6) is 0.531. The summed E-state index contributed by atoms with van der Waals surface area (Å²) in [7, 11) is 0. The lowest BCUT2D eigenvalue weighted by Crippen LogP contribution is -2.12. The van der Waals surface area contributed by atoms with Crippen molar-refractivity contribution < 1.29 is 9.53 Å². The van der Waals surface area contributed by atoms with Crippen molar-refractivity contribution in [3.05, 3.63) is 83.1 Å². The largest absolute Gasteiger partial charge is 0.489 e. The van der Waals surface area contributed by atoms with Gasteiger partial charge in [-0.3, -0.25) is 9.20 Å². The molecule has 130 valence electrons. The quantitative estimate of drug-likeness (QED) is 0.566. The van der Waals surface area contributed by atoms with Gasteiger partial charge in [-0.2, -0.15) is 0 Å². The molecule has 0 saturated heterocycles. The second-order valence-corrected chi connectivity index (χ2v) is 6.75. The molecule has 0 radical (unpaired) electrons. The first kappa shape index (κ1) is 16.4. The molecular formula is C20H17N3O2S. The zero-order valence-corrected chi connectivity index (χ0v) is 15.0. The summed E-state index contributed by atoms with van der Waals surface area (Å²) >= 11 is 1.52. The number of fused-ring (bicyclic) bond motifs is 1. The average molecular weight is 363 g/mol. The number of ether oxygens (including phenoxy) is 1. The van der Waals surface area contributed by atoms with Gasteiger partial charge < -0.3 is 10.1 Å². The molecule has 0 fully saturated rings. The van der Waals surface area contributed by atoms with Crippen molar-refractivity contribution in [1.82, 2.24) is 9.38 Å². The fraction of sp³-hybridized carbons (Fsp3) is 0.100. The molecule has 0 bridgehead atoms. The van der Waals surface area contributed by atoms with Gasteiger partial charge in [-0.05, 0) is 36.8 Å². The van der Waals surface area contributed by atoms with E-state index in [0.717, 1.165) is 22.0 Å². The third-order valence-corrected chi connectivity index (χ3v) is 4.94. The molecule has 0 spiro atoms. The first-order valence-electron chi connectivity index (χ1n) is 8.20. The van der Waals surface area contributed by atoms with Crippen LogP contribution < -0.4 is 10.1 Å². The molecule has 4 aromatic rings. The topological polar surface area (TPSA) is 55.6 Å². The number of imidazole rings is 1. The molecule has 6 heteroatoms. The zero-order chi connectivity index (χ0) is 17.9. The maximum Gasteiger partial charge on any atom is 0.275 e. The Morgan fingerprint density at radius 3 is 2.65 bits per heavy atom. The number of carbonyl (C=O) groups excluding carboxylic acids is 1. The Hall–Kier alpha value is -3.12. The van der Waals surface area contributed by atoms with E-state index in [0.29, 0.717) is 18.0 Å². The van der Waals surface area contributed by atoms with E-state index in [2.05, 4.69) is 10.3 Å². The highest BCUT2D eigenvalue weighted by Gasteiger charge is 2.13. The number of aromatic nitrogens is 2. The molecule has 1 N–H and O–H groups in total. The van der Waals surface area contributed by atoms with Gasteiger partial charge in [-0.15, -0.1) is 11.3 Å². The standard InChI is InChI=1S/C20H17N3O2S/c1-14-13-26-20-22-18(11-23(14)20)19(24)21-16-7-9-17(10-8-16)25-12-15-5-3-2-4-6-15/h2-11,13H,12H2,1H3,(H,21,24). The monoisotopic (exact) mass is 363 g/mol. The van der Waals surface area contributed by atoms with Gasteiger partial charge in [-0.1, -0.05) is 30.3 Å². The Morgan fingerprint density at radius 1 is 1.15 bits per heavy atom. The highest BCUT2D eigenvalue weighted by Crippen LogP contribution is 2.19. The fourth-order valence-electron chi connectivity index (χ4n) is 2.57. The number of benzene rings is 2. The molecule has 0 saturated carbocycles. The van der Waals surface area contributed by atoms with E-state index in [1.54, 1.807) is 6.20 Å². The number of nitrogens with one attached hydrogen (secondary N) is 1. The Bertz CT molecular complexity index is 1040. The molecule has 0 unspecified atom stereocenters. The van der Waals surface area contributed by atoms with Crippen LogP contribution in [-0.2, 0) is 6.61 Å². The van der Waals surface area contributed by atoms with Crippen LogP contribution in [0.15, 0.2) is 66.2 Å². The number of carbonyl (C=O) groups is 1. The van der Waals surface area contributed by atoms with E-state index in [1.165, 1.54) is 11.3 Å². The van der Waals surface area contributed by atoms with E-state index in [4.69, 9.17) is 4.74 Å². The van der Waals surface area contributed by atoms with Crippen molar-refractivity contribution in [1.29, 1.82) is 0 Å². The Morgan fingerprint density at radius 2 is 1.92 bits per heavy atom. The molecule has 0 atom stereocenters. The number of rotatable bonds is 5. The van der Waals surface area contributed by atoms with Gasteiger partial charge in [0.1, 0.15) is 18.1 Å². The molecule has 26 heavy (non-hydrogen) atoms. The lowest BCUT2D eigenvalue weighted by molar-refractivity contribution is 0.102. The maximum atomic E-state index is 12.4. The van der Waals surface area contributed by atoms with Crippen molar-refractivity contribution in [2.45, 2.75) is 13.5 Å². The number of anilines is 1. The minimum Gasteiger partial charge on any atom is -0.489 e. The summed E-state index contributed by atoms with van der Waals surface area (Å²) in [5.41, 5.74) is 3.29. The van der Waals surface area contributed by atoms with Crippen LogP contribution in [0.5, 0.6) is 5.75 Å². The van der Waals surface area contributed by atoms with Gasteiger partial charge in [0.25, 0.3) is 5.91 Å². The van der Waals surface area contributed by atoms with E-state index in [-0.39, 0.29) is 5.91 Å². The van der Waals surface area contributed by atoms with Crippen LogP contribution in [0.25, 0.3) is 4.96 Å². The van der Waals surface area contributed by atoms with E-state index < -0.39 is 0 Å². The van der Waals surface area contributed by atoms with Crippen molar-refractivity contribution in [3.8, 4) is 5.75 Å². The minimum absolute atomic E-state index is 0.224. The van der Waals surface area contributed by atoms with Crippen molar-refractivity contribution >= 4 is 27.9 Å². The number of nitrogens with zero attached hydrogens (tertiary/aromatic N) is 2.